The standard InChI is InChI=1S/C9H18N2O2/c1-3-4-11-8(12)9(2)6-13-5-7(9)10/h7H,3-6,10H2,1-2H3,(H,11,12). The highest BCUT2D eigenvalue weighted by Gasteiger charge is 2.43. The lowest BCUT2D eigenvalue weighted by molar-refractivity contribution is -0.130. The van der Waals surface area contributed by atoms with Gasteiger partial charge in [-0.25, -0.2) is 0 Å². The molecule has 1 aliphatic heterocycles. The van der Waals surface area contributed by atoms with Crippen LogP contribution in [0.5, 0.6) is 0 Å². The Morgan fingerprint density at radius 3 is 2.92 bits per heavy atom. The van der Waals surface area contributed by atoms with E-state index in [0.717, 1.165) is 6.42 Å². The molecule has 1 rings (SSSR count). The first kappa shape index (κ1) is 10.5. The van der Waals surface area contributed by atoms with Crippen LogP contribution in [0.1, 0.15) is 20.3 Å². The van der Waals surface area contributed by atoms with Crippen molar-refractivity contribution in [3.63, 3.8) is 0 Å². The van der Waals surface area contributed by atoms with Crippen LogP contribution in [-0.2, 0) is 9.53 Å². The predicted octanol–water partition coefficient (Wildman–Crippen LogP) is -0.124. The van der Waals surface area contributed by atoms with Crippen molar-refractivity contribution in [1.29, 1.82) is 0 Å². The largest absolute Gasteiger partial charge is 0.379 e. The van der Waals surface area contributed by atoms with E-state index in [2.05, 4.69) is 5.32 Å². The summed E-state index contributed by atoms with van der Waals surface area (Å²) in [5.41, 5.74) is 5.27. The molecule has 4 nitrogen and oxygen atoms in total. The Labute approximate surface area is 78.8 Å². The Kier molecular flexibility index (Phi) is 3.27. The van der Waals surface area contributed by atoms with E-state index in [1.165, 1.54) is 0 Å². The maximum atomic E-state index is 11.7. The first-order valence-electron chi connectivity index (χ1n) is 4.73. The van der Waals surface area contributed by atoms with Gasteiger partial charge >= 0.3 is 0 Å². The third-order valence-corrected chi connectivity index (χ3v) is 2.57. The molecule has 1 aliphatic rings. The van der Waals surface area contributed by atoms with Crippen molar-refractivity contribution in [2.75, 3.05) is 19.8 Å². The highest BCUT2D eigenvalue weighted by molar-refractivity contribution is 5.83. The third kappa shape index (κ3) is 2.00. The van der Waals surface area contributed by atoms with Crippen LogP contribution in [0.3, 0.4) is 0 Å². The SMILES string of the molecule is CCCNC(=O)C1(C)COCC1N. The molecule has 1 heterocycles. The molecule has 3 N–H and O–H groups in total. The molecule has 0 saturated carbocycles. The van der Waals surface area contributed by atoms with Crippen LogP contribution in [0.4, 0.5) is 0 Å². The van der Waals surface area contributed by atoms with Crippen LogP contribution in [0, 0.1) is 5.41 Å². The number of carbonyl (C=O) groups excluding carboxylic acids is 1. The minimum atomic E-state index is -0.533. The number of nitrogens with two attached hydrogens (primary N) is 1. The van der Waals surface area contributed by atoms with Gasteiger partial charge in [-0.15, -0.1) is 0 Å². The van der Waals surface area contributed by atoms with Gasteiger partial charge in [-0.2, -0.15) is 0 Å². The molecule has 13 heavy (non-hydrogen) atoms. The molecule has 1 fully saturated rings. The first-order valence-corrected chi connectivity index (χ1v) is 4.73. The van der Waals surface area contributed by atoms with Crippen molar-refractivity contribution in [2.45, 2.75) is 26.3 Å². The van der Waals surface area contributed by atoms with E-state index in [1.54, 1.807) is 0 Å². The minimum Gasteiger partial charge on any atom is -0.379 e. The maximum absolute atomic E-state index is 11.7. The van der Waals surface area contributed by atoms with Crippen LogP contribution in [-0.4, -0.2) is 31.7 Å². The molecule has 0 aromatic rings. The normalized spacial score (nSPS) is 33.3. The van der Waals surface area contributed by atoms with Crippen LogP contribution in [0.2, 0.25) is 0 Å². The third-order valence-electron chi connectivity index (χ3n) is 2.57. The van der Waals surface area contributed by atoms with E-state index in [0.29, 0.717) is 19.8 Å². The molecule has 4 heteroatoms. The highest BCUT2D eigenvalue weighted by atomic mass is 16.5. The fourth-order valence-corrected chi connectivity index (χ4v) is 1.36. The lowest BCUT2D eigenvalue weighted by Gasteiger charge is -2.25. The number of carbonyl (C=O) groups is 1. The molecular weight excluding hydrogens is 168 g/mol. The van der Waals surface area contributed by atoms with E-state index < -0.39 is 5.41 Å². The van der Waals surface area contributed by atoms with Gasteiger partial charge in [-0.3, -0.25) is 4.79 Å². The zero-order valence-electron chi connectivity index (χ0n) is 8.30. The van der Waals surface area contributed by atoms with Crippen molar-refractivity contribution in [2.24, 2.45) is 11.1 Å². The summed E-state index contributed by atoms with van der Waals surface area (Å²) >= 11 is 0. The maximum Gasteiger partial charge on any atom is 0.229 e. The molecule has 0 radical (unpaired) electrons. The molecule has 0 aromatic heterocycles. The van der Waals surface area contributed by atoms with E-state index in [4.69, 9.17) is 10.5 Å². The monoisotopic (exact) mass is 186 g/mol. The van der Waals surface area contributed by atoms with Crippen LogP contribution >= 0.6 is 0 Å². The van der Waals surface area contributed by atoms with Gasteiger partial charge in [0.2, 0.25) is 5.91 Å². The number of hydrogen-bond donors (Lipinski definition) is 2. The molecular formula is C9H18N2O2. The second kappa shape index (κ2) is 4.07. The van der Waals surface area contributed by atoms with Crippen molar-refractivity contribution < 1.29 is 9.53 Å². The van der Waals surface area contributed by atoms with Gasteiger partial charge in [0.15, 0.2) is 0 Å². The lowest BCUT2D eigenvalue weighted by Crippen LogP contribution is -2.50. The van der Waals surface area contributed by atoms with E-state index in [9.17, 15) is 4.79 Å². The molecule has 0 aliphatic carbocycles. The number of ether oxygens (including phenoxy) is 1. The topological polar surface area (TPSA) is 64.3 Å². The quantitative estimate of drug-likeness (QED) is 0.645. The Morgan fingerprint density at radius 2 is 2.46 bits per heavy atom. The van der Waals surface area contributed by atoms with Crippen LogP contribution in [0.15, 0.2) is 0 Å². The van der Waals surface area contributed by atoms with E-state index >= 15 is 0 Å². The number of nitrogens with one attached hydrogen (secondary N) is 1. The van der Waals surface area contributed by atoms with Gasteiger partial charge in [-0.05, 0) is 13.3 Å². The smallest absolute Gasteiger partial charge is 0.229 e. The molecule has 2 unspecified atom stereocenters. The van der Waals surface area contributed by atoms with Crippen LogP contribution < -0.4 is 11.1 Å². The molecule has 1 amide bonds. The summed E-state index contributed by atoms with van der Waals surface area (Å²) in [6.45, 7) is 5.50. The van der Waals surface area contributed by atoms with Gasteiger partial charge in [0.1, 0.15) is 0 Å². The van der Waals surface area contributed by atoms with Gasteiger partial charge < -0.3 is 15.8 Å². The van der Waals surface area contributed by atoms with Gasteiger partial charge in [0.25, 0.3) is 0 Å². The van der Waals surface area contributed by atoms with Gasteiger partial charge in [-0.1, -0.05) is 6.92 Å². The number of amides is 1. The van der Waals surface area contributed by atoms with Crippen molar-refractivity contribution in [1.82, 2.24) is 5.32 Å². The molecule has 0 spiro atoms. The molecule has 0 aromatic carbocycles. The molecule has 76 valence electrons. The number of rotatable bonds is 3. The zero-order chi connectivity index (χ0) is 9.90. The average molecular weight is 186 g/mol. The second-order valence-electron chi connectivity index (χ2n) is 3.79. The number of hydrogen-bond acceptors (Lipinski definition) is 3. The summed E-state index contributed by atoms with van der Waals surface area (Å²) in [7, 11) is 0. The summed E-state index contributed by atoms with van der Waals surface area (Å²) in [5.74, 6) is 0.0133. The Bertz CT molecular complexity index is 196. The Hall–Kier alpha value is -0.610. The Morgan fingerprint density at radius 1 is 1.77 bits per heavy atom. The summed E-state index contributed by atoms with van der Waals surface area (Å²) < 4.78 is 5.19. The molecule has 2 atom stereocenters. The second-order valence-corrected chi connectivity index (χ2v) is 3.79. The van der Waals surface area contributed by atoms with Crippen molar-refractivity contribution in [3.8, 4) is 0 Å². The van der Waals surface area contributed by atoms with Gasteiger partial charge in [0.05, 0.1) is 18.6 Å². The van der Waals surface area contributed by atoms with Crippen LogP contribution in [0.25, 0.3) is 0 Å². The summed E-state index contributed by atoms with van der Waals surface area (Å²) in [6, 6.07) is -0.177. The van der Waals surface area contributed by atoms with Crippen molar-refractivity contribution >= 4 is 5.91 Å². The average Bonchev–Trinajstić information content (AvgIpc) is 2.44. The fourth-order valence-electron chi connectivity index (χ4n) is 1.36. The fraction of sp³-hybridized carbons (Fsp3) is 0.889. The van der Waals surface area contributed by atoms with Gasteiger partial charge in [0, 0.05) is 12.6 Å². The molecule has 1 saturated heterocycles. The minimum absolute atomic E-state index is 0.0133. The zero-order valence-corrected chi connectivity index (χ0v) is 8.30. The predicted molar refractivity (Wildman–Crippen MR) is 50.2 cm³/mol. The highest BCUT2D eigenvalue weighted by Crippen LogP contribution is 2.26. The summed E-state index contributed by atoms with van der Waals surface area (Å²) in [4.78, 5) is 11.7. The van der Waals surface area contributed by atoms with Crippen molar-refractivity contribution in [3.05, 3.63) is 0 Å². The molecule has 0 bridgehead atoms. The Balaban J connectivity index is 2.53. The lowest BCUT2D eigenvalue weighted by atomic mass is 9.85. The first-order chi connectivity index (χ1) is 6.11. The summed E-state index contributed by atoms with van der Waals surface area (Å²) in [5, 5.41) is 2.85. The van der Waals surface area contributed by atoms with E-state index in [-0.39, 0.29) is 11.9 Å². The summed E-state index contributed by atoms with van der Waals surface area (Å²) in [6.07, 6.45) is 0.942. The van der Waals surface area contributed by atoms with E-state index in [1.807, 2.05) is 13.8 Å².